The van der Waals surface area contributed by atoms with Gasteiger partial charge in [0.25, 0.3) is 0 Å². The van der Waals surface area contributed by atoms with Gasteiger partial charge in [0.05, 0.1) is 7.11 Å². The van der Waals surface area contributed by atoms with Gasteiger partial charge in [-0.1, -0.05) is 52.8 Å². The van der Waals surface area contributed by atoms with E-state index in [1.807, 2.05) is 12.1 Å². The highest BCUT2D eigenvalue weighted by Gasteiger charge is 2.33. The predicted octanol–water partition coefficient (Wildman–Crippen LogP) is 5.41. The Kier molecular flexibility index (Phi) is 6.65. The van der Waals surface area contributed by atoms with Crippen LogP contribution in [-0.2, 0) is 5.16 Å². The van der Waals surface area contributed by atoms with Crippen molar-refractivity contribution in [2.75, 3.05) is 25.1 Å². The van der Waals surface area contributed by atoms with Crippen LogP contribution in [0.3, 0.4) is 0 Å². The number of phenolic OH excluding ortho intramolecular Hbond substituents is 1. The zero-order valence-electron chi connectivity index (χ0n) is 16.8. The van der Waals surface area contributed by atoms with E-state index in [0.717, 1.165) is 31.5 Å². The van der Waals surface area contributed by atoms with Gasteiger partial charge >= 0.3 is 0 Å². The molecule has 1 unspecified atom stereocenters. The van der Waals surface area contributed by atoms with Gasteiger partial charge in [-0.3, -0.25) is 0 Å². The van der Waals surface area contributed by atoms with Crippen molar-refractivity contribution in [1.82, 2.24) is 0 Å². The number of para-hydroxylation sites is 2. The number of ether oxygens (including phenoxy) is 1. The SMILES string of the molecule is CCC(CC)(Pc1ccccc1N1CCCCC1)c1cccc(OC)c1O. The molecule has 2 aromatic rings. The fourth-order valence-electron chi connectivity index (χ4n) is 4.20. The summed E-state index contributed by atoms with van der Waals surface area (Å²) in [5, 5.41) is 12.2. The van der Waals surface area contributed by atoms with Crippen molar-refractivity contribution in [2.45, 2.75) is 51.1 Å². The zero-order chi connectivity index (χ0) is 19.3. The van der Waals surface area contributed by atoms with Crippen LogP contribution in [0.2, 0.25) is 0 Å². The molecule has 1 aliphatic heterocycles. The van der Waals surface area contributed by atoms with Crippen LogP contribution in [0.4, 0.5) is 5.69 Å². The Morgan fingerprint density at radius 3 is 2.37 bits per heavy atom. The third-order valence-electron chi connectivity index (χ3n) is 5.92. The van der Waals surface area contributed by atoms with Gasteiger partial charge in [-0.25, -0.2) is 0 Å². The molecule has 1 aliphatic rings. The van der Waals surface area contributed by atoms with Gasteiger partial charge in [0.15, 0.2) is 11.5 Å². The molecular formula is C23H32NO2P. The van der Waals surface area contributed by atoms with Gasteiger partial charge in [0.1, 0.15) is 0 Å². The van der Waals surface area contributed by atoms with E-state index >= 15 is 0 Å². The van der Waals surface area contributed by atoms with Crippen LogP contribution in [0.5, 0.6) is 11.5 Å². The number of anilines is 1. The van der Waals surface area contributed by atoms with Crippen molar-refractivity contribution in [3.63, 3.8) is 0 Å². The van der Waals surface area contributed by atoms with E-state index in [2.05, 4.69) is 49.1 Å². The lowest BCUT2D eigenvalue weighted by atomic mass is 9.91. The molecule has 146 valence electrons. The topological polar surface area (TPSA) is 32.7 Å². The van der Waals surface area contributed by atoms with Crippen molar-refractivity contribution >= 4 is 19.6 Å². The highest BCUT2D eigenvalue weighted by Crippen LogP contribution is 2.52. The lowest BCUT2D eigenvalue weighted by Gasteiger charge is -2.36. The molecule has 1 heterocycles. The van der Waals surface area contributed by atoms with Crippen LogP contribution >= 0.6 is 8.58 Å². The minimum Gasteiger partial charge on any atom is -0.504 e. The van der Waals surface area contributed by atoms with Crippen molar-refractivity contribution in [1.29, 1.82) is 0 Å². The molecule has 0 radical (unpaired) electrons. The van der Waals surface area contributed by atoms with Crippen molar-refractivity contribution in [3.05, 3.63) is 48.0 Å². The first-order valence-electron chi connectivity index (χ1n) is 10.1. The highest BCUT2D eigenvalue weighted by molar-refractivity contribution is 7.49. The van der Waals surface area contributed by atoms with E-state index in [1.165, 1.54) is 30.3 Å². The van der Waals surface area contributed by atoms with E-state index in [1.54, 1.807) is 7.11 Å². The summed E-state index contributed by atoms with van der Waals surface area (Å²) in [4.78, 5) is 2.55. The average Bonchev–Trinajstić information content (AvgIpc) is 2.73. The maximum absolute atomic E-state index is 10.9. The number of methoxy groups -OCH3 is 1. The summed E-state index contributed by atoms with van der Waals surface area (Å²) in [6, 6.07) is 14.8. The largest absolute Gasteiger partial charge is 0.504 e. The quantitative estimate of drug-likeness (QED) is 0.647. The van der Waals surface area contributed by atoms with E-state index in [9.17, 15) is 5.11 Å². The molecule has 0 saturated carbocycles. The van der Waals surface area contributed by atoms with Crippen molar-refractivity contribution in [2.24, 2.45) is 0 Å². The Hall–Kier alpha value is -1.73. The fourth-order valence-corrected chi connectivity index (χ4v) is 5.95. The number of aromatic hydroxyl groups is 1. The Morgan fingerprint density at radius 1 is 1.00 bits per heavy atom. The third-order valence-corrected chi connectivity index (χ3v) is 8.06. The number of benzene rings is 2. The van der Waals surface area contributed by atoms with Crippen LogP contribution in [0.15, 0.2) is 42.5 Å². The standard InChI is InChI=1S/C23H32NO2P/c1-4-23(5-2,18-12-11-14-20(26-3)22(18)25)27-21-15-8-7-13-19(21)24-16-9-6-10-17-24/h7-8,11-15,25,27H,4-6,9-10,16-17H2,1-3H3. The second-order valence-electron chi connectivity index (χ2n) is 7.34. The van der Waals surface area contributed by atoms with Gasteiger partial charge in [-0.15, -0.1) is 0 Å². The van der Waals surface area contributed by atoms with Crippen molar-refractivity contribution in [3.8, 4) is 11.5 Å². The lowest BCUT2D eigenvalue weighted by Crippen LogP contribution is -2.33. The second kappa shape index (κ2) is 8.97. The van der Waals surface area contributed by atoms with E-state index in [4.69, 9.17) is 4.74 Å². The molecule has 1 N–H and O–H groups in total. The molecule has 1 atom stereocenters. The summed E-state index contributed by atoms with van der Waals surface area (Å²) in [6.45, 7) is 6.77. The number of phenols is 1. The molecule has 0 amide bonds. The van der Waals surface area contributed by atoms with Crippen LogP contribution in [0.25, 0.3) is 0 Å². The number of piperidine rings is 1. The molecule has 0 aromatic heterocycles. The molecule has 3 nitrogen and oxygen atoms in total. The first-order chi connectivity index (χ1) is 13.1. The van der Waals surface area contributed by atoms with Gasteiger partial charge in [0, 0.05) is 29.5 Å². The van der Waals surface area contributed by atoms with Crippen LogP contribution < -0.4 is 14.9 Å². The van der Waals surface area contributed by atoms with E-state index in [-0.39, 0.29) is 5.16 Å². The summed E-state index contributed by atoms with van der Waals surface area (Å²) in [5.41, 5.74) is 2.39. The summed E-state index contributed by atoms with van der Waals surface area (Å²) in [6.07, 6.45) is 5.86. The third kappa shape index (κ3) is 4.09. The molecule has 0 aliphatic carbocycles. The molecule has 4 heteroatoms. The number of nitrogens with zero attached hydrogens (tertiary/aromatic N) is 1. The molecule has 1 saturated heterocycles. The molecule has 1 fully saturated rings. The molecule has 2 aromatic carbocycles. The molecule has 27 heavy (non-hydrogen) atoms. The van der Waals surface area contributed by atoms with Crippen LogP contribution in [0, 0.1) is 0 Å². The van der Waals surface area contributed by atoms with Gasteiger partial charge in [-0.2, -0.15) is 0 Å². The zero-order valence-corrected chi connectivity index (χ0v) is 17.8. The molecule has 0 bridgehead atoms. The van der Waals surface area contributed by atoms with Gasteiger partial charge in [-0.05, 0) is 49.5 Å². The smallest absolute Gasteiger partial charge is 0.161 e. The van der Waals surface area contributed by atoms with Gasteiger partial charge in [0.2, 0.25) is 0 Å². The lowest BCUT2D eigenvalue weighted by molar-refractivity contribution is 0.365. The number of hydrogen-bond acceptors (Lipinski definition) is 3. The first-order valence-corrected chi connectivity index (χ1v) is 11.1. The minimum atomic E-state index is -0.0789. The Balaban J connectivity index is 2.00. The maximum Gasteiger partial charge on any atom is 0.161 e. The number of hydrogen-bond donors (Lipinski definition) is 1. The van der Waals surface area contributed by atoms with E-state index in [0.29, 0.717) is 20.1 Å². The summed E-state index contributed by atoms with van der Waals surface area (Å²) in [7, 11) is 2.22. The normalized spacial score (nSPS) is 15.4. The predicted molar refractivity (Wildman–Crippen MR) is 117 cm³/mol. The van der Waals surface area contributed by atoms with Crippen LogP contribution in [0.1, 0.15) is 51.5 Å². The summed E-state index contributed by atoms with van der Waals surface area (Å²) < 4.78 is 5.38. The molecular weight excluding hydrogens is 353 g/mol. The first kappa shape index (κ1) is 20.0. The Bertz CT molecular complexity index is 752. The summed E-state index contributed by atoms with van der Waals surface area (Å²) in [5.74, 6) is 0.861. The minimum absolute atomic E-state index is 0.0789. The highest BCUT2D eigenvalue weighted by atomic mass is 31.1. The fraction of sp³-hybridized carbons (Fsp3) is 0.478. The maximum atomic E-state index is 10.9. The Morgan fingerprint density at radius 2 is 1.70 bits per heavy atom. The summed E-state index contributed by atoms with van der Waals surface area (Å²) >= 11 is 0. The monoisotopic (exact) mass is 385 g/mol. The Labute approximate surface area is 165 Å². The number of rotatable bonds is 7. The van der Waals surface area contributed by atoms with Crippen molar-refractivity contribution < 1.29 is 9.84 Å². The van der Waals surface area contributed by atoms with E-state index < -0.39 is 0 Å². The molecule has 3 rings (SSSR count). The van der Waals surface area contributed by atoms with Crippen LogP contribution in [-0.4, -0.2) is 25.3 Å². The van der Waals surface area contributed by atoms with Gasteiger partial charge < -0.3 is 14.7 Å². The molecule has 0 spiro atoms. The average molecular weight is 385 g/mol. The second-order valence-corrected chi connectivity index (χ2v) is 9.08.